The van der Waals surface area contributed by atoms with Gasteiger partial charge in [0.2, 0.25) is 0 Å². The first-order valence-electron chi connectivity index (χ1n) is 10.0. The fraction of sp³-hybridized carbons (Fsp3) is 0.269. The Kier molecular flexibility index (Phi) is 9.25. The van der Waals surface area contributed by atoms with Gasteiger partial charge in [0.05, 0.1) is 0 Å². The van der Waals surface area contributed by atoms with Crippen LogP contribution < -0.4 is 0 Å². The van der Waals surface area contributed by atoms with Crippen molar-refractivity contribution in [2.75, 3.05) is 0 Å². The molecule has 3 aromatic carbocycles. The van der Waals surface area contributed by atoms with Gasteiger partial charge in [0.25, 0.3) is 0 Å². The Morgan fingerprint density at radius 2 is 1.63 bits per heavy atom. The third-order valence-electron chi connectivity index (χ3n) is 5.15. The fourth-order valence-corrected chi connectivity index (χ4v) is 3.23. The van der Waals surface area contributed by atoms with Gasteiger partial charge in [0, 0.05) is 0 Å². The van der Waals surface area contributed by atoms with Crippen molar-refractivity contribution in [2.45, 2.75) is 40.8 Å². The van der Waals surface area contributed by atoms with Crippen LogP contribution in [0.1, 0.15) is 27.7 Å². The van der Waals surface area contributed by atoms with Gasteiger partial charge in [0.1, 0.15) is 0 Å². The van der Waals surface area contributed by atoms with E-state index in [4.69, 9.17) is 0 Å². The smallest absolute Gasteiger partial charge is 0.158 e. The van der Waals surface area contributed by atoms with E-state index < -0.39 is 11.6 Å². The van der Waals surface area contributed by atoms with Crippen LogP contribution in [0.25, 0.3) is 21.9 Å². The normalized spacial score (nSPS) is 15.3. The molecule has 4 heteroatoms. The third-order valence-corrected chi connectivity index (χ3v) is 5.15. The zero-order valence-corrected chi connectivity index (χ0v) is 22.0. The van der Waals surface area contributed by atoms with Gasteiger partial charge in [0.15, 0.2) is 11.6 Å². The van der Waals surface area contributed by atoms with Crippen molar-refractivity contribution in [2.24, 2.45) is 5.92 Å². The Morgan fingerprint density at radius 1 is 1.00 bits per heavy atom. The molecule has 1 aliphatic rings. The van der Waals surface area contributed by atoms with Gasteiger partial charge in [-0.3, -0.25) is 6.08 Å². The molecule has 30 heavy (non-hydrogen) atoms. The Balaban J connectivity index is 0.000000207. The van der Waals surface area contributed by atoms with Gasteiger partial charge in [-0.05, 0) is 12.1 Å². The van der Waals surface area contributed by atoms with E-state index in [2.05, 4.69) is 46.9 Å². The summed E-state index contributed by atoms with van der Waals surface area (Å²) >= 11 is 1.74. The minimum atomic E-state index is -0.815. The summed E-state index contributed by atoms with van der Waals surface area (Å²) in [4.78, 5) is 0. The van der Waals surface area contributed by atoms with E-state index >= 15 is 0 Å². The maximum absolute atomic E-state index is 13.2. The molecule has 0 radical (unpaired) electrons. The zero-order chi connectivity index (χ0) is 22.4. The van der Waals surface area contributed by atoms with Crippen LogP contribution in [-0.4, -0.2) is 5.43 Å². The zero-order valence-electron chi connectivity index (χ0n) is 18.5. The summed E-state index contributed by atoms with van der Waals surface area (Å²) in [5, 5.41) is 2.16. The molecule has 0 bridgehead atoms. The average Bonchev–Trinajstić information content (AvgIpc) is 3.21. The van der Waals surface area contributed by atoms with Crippen molar-refractivity contribution in [1.82, 2.24) is 0 Å². The van der Waals surface area contributed by atoms with E-state index in [-0.39, 0.29) is 5.43 Å². The Bertz CT molecular complexity index is 1100. The number of hydrogen-bond donors (Lipinski definition) is 0. The maximum atomic E-state index is 13.2. The molecule has 0 saturated heterocycles. The van der Waals surface area contributed by atoms with Crippen LogP contribution in [0.15, 0.2) is 71.3 Å². The quantitative estimate of drug-likeness (QED) is 0.236. The summed E-state index contributed by atoms with van der Waals surface area (Å²) in [6.07, 6.45) is 3.36. The Labute approximate surface area is 194 Å². The first-order valence-corrected chi connectivity index (χ1v) is 16.2. The molecular formula is C26H28F2SiZr. The van der Waals surface area contributed by atoms with E-state index in [0.717, 1.165) is 22.4 Å². The van der Waals surface area contributed by atoms with E-state index in [0.29, 0.717) is 11.5 Å². The van der Waals surface area contributed by atoms with Crippen LogP contribution >= 0.6 is 0 Å². The summed E-state index contributed by atoms with van der Waals surface area (Å²) in [7, 11) is 0. The number of rotatable bonds is 1. The molecule has 3 aromatic rings. The van der Waals surface area contributed by atoms with E-state index in [9.17, 15) is 8.78 Å². The molecule has 1 aliphatic carbocycles. The molecule has 0 aliphatic heterocycles. The van der Waals surface area contributed by atoms with Gasteiger partial charge in [-0.25, -0.2) is 14.4 Å². The minimum Gasteiger partial charge on any atom is -0.204 e. The fourth-order valence-electron chi connectivity index (χ4n) is 3.23. The van der Waals surface area contributed by atoms with Crippen molar-refractivity contribution in [3.05, 3.63) is 89.0 Å². The van der Waals surface area contributed by atoms with Crippen molar-refractivity contribution in [3.8, 4) is 11.1 Å². The number of fused-ring (bicyclic) bond motifs is 1. The van der Waals surface area contributed by atoms with Crippen LogP contribution in [-0.2, 0) is 23.3 Å². The van der Waals surface area contributed by atoms with Crippen molar-refractivity contribution < 1.29 is 32.1 Å². The van der Waals surface area contributed by atoms with E-state index in [1.165, 1.54) is 22.8 Å². The maximum Gasteiger partial charge on any atom is 0.158 e. The van der Waals surface area contributed by atoms with Crippen LogP contribution in [0.4, 0.5) is 8.78 Å². The van der Waals surface area contributed by atoms with Gasteiger partial charge in [-0.15, -0.1) is 53.6 Å². The molecule has 0 aromatic heterocycles. The molecule has 0 fully saturated rings. The molecule has 0 saturated carbocycles. The molecule has 0 spiro atoms. The molecule has 0 amide bonds. The van der Waals surface area contributed by atoms with Crippen LogP contribution in [0.3, 0.4) is 0 Å². The predicted molar refractivity (Wildman–Crippen MR) is 122 cm³/mol. The number of allylic oxidation sites excluding steroid dienone is 4. The Morgan fingerprint density at radius 3 is 2.13 bits per heavy atom. The van der Waals surface area contributed by atoms with Gasteiger partial charge in [-0.2, -0.15) is 11.1 Å². The van der Waals surface area contributed by atoms with Crippen LogP contribution in [0, 0.1) is 23.6 Å². The second-order valence-electron chi connectivity index (χ2n) is 7.76. The van der Waals surface area contributed by atoms with Gasteiger partial charge >= 0.3 is 41.9 Å². The van der Waals surface area contributed by atoms with E-state index in [1.54, 1.807) is 29.4 Å². The van der Waals surface area contributed by atoms with Crippen molar-refractivity contribution >= 4 is 16.2 Å². The topological polar surface area (TPSA) is 0 Å². The average molecular weight is 498 g/mol. The van der Waals surface area contributed by atoms with E-state index in [1.807, 2.05) is 36.4 Å². The van der Waals surface area contributed by atoms with Crippen molar-refractivity contribution in [1.29, 1.82) is 0 Å². The first kappa shape index (κ1) is 24.8. The SMILES string of the molecule is CC1=[C-]C(C)C(C)=C1C.C[Si](C)=[Zr+2].Fc1ccc(-c2c[cH-]c3ccccc23)cc1F. The summed E-state index contributed by atoms with van der Waals surface area (Å²) in [5.74, 6) is -1.07. The Hall–Kier alpha value is -1.51. The number of benzene rings is 2. The third kappa shape index (κ3) is 6.49. The minimum absolute atomic E-state index is 0.210. The molecule has 0 N–H and O–H groups in total. The predicted octanol–water partition coefficient (Wildman–Crippen LogP) is 8.01. The summed E-state index contributed by atoms with van der Waals surface area (Å²) in [5.41, 5.74) is 6.08. The second-order valence-corrected chi connectivity index (χ2v) is 17.1. The molecule has 154 valence electrons. The summed E-state index contributed by atoms with van der Waals surface area (Å²) < 4.78 is 26.1. The molecule has 0 heterocycles. The molecule has 0 nitrogen and oxygen atoms in total. The standard InChI is InChI=1S/C15H9F2.C9H13.C2H6Si.Zr/c16-14-8-6-11(9-15(14)17)13-7-5-10-3-1-2-4-12(10)13;1-6-5-7(2)9(4)8(6)3;1-3-2;/h1-9H;6H,1-4H3;1-2H3;/q2*-1;;+2. The van der Waals surface area contributed by atoms with Gasteiger partial charge in [-0.1, -0.05) is 44.4 Å². The van der Waals surface area contributed by atoms with Crippen molar-refractivity contribution in [3.63, 3.8) is 0 Å². The first-order chi connectivity index (χ1) is 14.1. The summed E-state index contributed by atoms with van der Waals surface area (Å²) in [6.45, 7) is 13.3. The molecule has 1 unspecified atom stereocenters. The monoisotopic (exact) mass is 496 g/mol. The number of halogens is 2. The molecular weight excluding hydrogens is 470 g/mol. The number of hydrogen-bond acceptors (Lipinski definition) is 0. The summed E-state index contributed by atoms with van der Waals surface area (Å²) in [6, 6.07) is 15.8. The van der Waals surface area contributed by atoms with Crippen LogP contribution in [0.5, 0.6) is 0 Å². The van der Waals surface area contributed by atoms with Crippen LogP contribution in [0.2, 0.25) is 13.1 Å². The molecule has 1 atom stereocenters. The second kappa shape index (κ2) is 11.2. The molecule has 4 rings (SSSR count). The van der Waals surface area contributed by atoms with Gasteiger partial charge < -0.3 is 0 Å². The largest absolute Gasteiger partial charge is 0.204 e.